The molecule has 6 nitrogen and oxygen atoms in total. The zero-order valence-electron chi connectivity index (χ0n) is 16.8. The van der Waals surface area contributed by atoms with Gasteiger partial charge >= 0.3 is 0 Å². The molecule has 1 fully saturated rings. The van der Waals surface area contributed by atoms with Gasteiger partial charge in [0.1, 0.15) is 5.76 Å². The Kier molecular flexibility index (Phi) is 11.2. The molecular formula is C19H36IN5O. The summed E-state index contributed by atoms with van der Waals surface area (Å²) in [7, 11) is 1.85. The van der Waals surface area contributed by atoms with Crippen molar-refractivity contribution in [2.24, 2.45) is 10.9 Å². The van der Waals surface area contributed by atoms with E-state index in [1.807, 2.05) is 20.9 Å². The summed E-state index contributed by atoms with van der Waals surface area (Å²) in [6.07, 6.45) is 6.14. The molecule has 0 unspecified atom stereocenters. The van der Waals surface area contributed by atoms with Gasteiger partial charge in [0, 0.05) is 20.1 Å². The highest BCUT2D eigenvalue weighted by Crippen LogP contribution is 2.19. The minimum atomic E-state index is 0. The van der Waals surface area contributed by atoms with Crippen LogP contribution >= 0.6 is 24.0 Å². The fraction of sp³-hybridized carbons (Fsp3) is 0.789. The number of piperidine rings is 1. The first-order chi connectivity index (χ1) is 12.1. The lowest BCUT2D eigenvalue weighted by molar-refractivity contribution is 0.164. The molecule has 1 aliphatic heterocycles. The van der Waals surface area contributed by atoms with Gasteiger partial charge in [-0.25, -0.2) is 4.98 Å². The van der Waals surface area contributed by atoms with Gasteiger partial charge in [0.15, 0.2) is 5.96 Å². The predicted molar refractivity (Wildman–Crippen MR) is 118 cm³/mol. The van der Waals surface area contributed by atoms with Gasteiger partial charge in [-0.2, -0.15) is 0 Å². The van der Waals surface area contributed by atoms with E-state index in [-0.39, 0.29) is 24.0 Å². The van der Waals surface area contributed by atoms with Gasteiger partial charge < -0.3 is 15.1 Å². The molecule has 2 N–H and O–H groups in total. The average Bonchev–Trinajstić information content (AvgIpc) is 2.93. The monoisotopic (exact) mass is 477 g/mol. The van der Waals surface area contributed by atoms with E-state index in [0.717, 1.165) is 56.0 Å². The number of halogens is 1. The van der Waals surface area contributed by atoms with E-state index in [2.05, 4.69) is 32.4 Å². The maximum absolute atomic E-state index is 5.70. The molecule has 0 aliphatic carbocycles. The van der Waals surface area contributed by atoms with E-state index in [4.69, 9.17) is 4.42 Å². The van der Waals surface area contributed by atoms with Crippen LogP contribution in [0, 0.1) is 19.8 Å². The van der Waals surface area contributed by atoms with Crippen LogP contribution < -0.4 is 10.6 Å². The molecule has 7 heteroatoms. The predicted octanol–water partition coefficient (Wildman–Crippen LogP) is 3.48. The third-order valence-corrected chi connectivity index (χ3v) is 4.99. The van der Waals surface area contributed by atoms with Gasteiger partial charge in [0.25, 0.3) is 0 Å². The Bertz CT molecular complexity index is 519. The number of unbranched alkanes of at least 4 members (excludes halogenated alkanes) is 2. The van der Waals surface area contributed by atoms with E-state index < -0.39 is 0 Å². The Morgan fingerprint density at radius 2 is 1.96 bits per heavy atom. The van der Waals surface area contributed by atoms with Crippen molar-refractivity contribution in [3.8, 4) is 0 Å². The number of nitrogens with one attached hydrogen (secondary N) is 2. The quantitative estimate of drug-likeness (QED) is 0.260. The van der Waals surface area contributed by atoms with Crippen molar-refractivity contribution in [2.45, 2.75) is 59.4 Å². The number of aryl methyl sites for hydroxylation is 2. The molecule has 0 saturated carbocycles. The van der Waals surface area contributed by atoms with Gasteiger partial charge in [0.05, 0.1) is 12.2 Å². The molecule has 0 radical (unpaired) electrons. The van der Waals surface area contributed by atoms with Crippen LogP contribution in [0.2, 0.25) is 0 Å². The van der Waals surface area contributed by atoms with Crippen molar-refractivity contribution >= 4 is 29.9 Å². The molecule has 0 atom stereocenters. The Morgan fingerprint density at radius 3 is 2.54 bits per heavy atom. The number of hydrogen-bond acceptors (Lipinski definition) is 4. The van der Waals surface area contributed by atoms with Crippen molar-refractivity contribution in [3.63, 3.8) is 0 Å². The van der Waals surface area contributed by atoms with Crippen LogP contribution in [0.15, 0.2) is 9.41 Å². The molecule has 2 heterocycles. The number of nitrogens with zero attached hydrogens (tertiary/aromatic N) is 3. The maximum atomic E-state index is 5.70. The van der Waals surface area contributed by atoms with Crippen molar-refractivity contribution in [3.05, 3.63) is 17.3 Å². The van der Waals surface area contributed by atoms with E-state index in [9.17, 15) is 0 Å². The van der Waals surface area contributed by atoms with Crippen molar-refractivity contribution in [1.29, 1.82) is 0 Å². The van der Waals surface area contributed by atoms with E-state index in [1.165, 1.54) is 32.1 Å². The van der Waals surface area contributed by atoms with Crippen molar-refractivity contribution < 1.29 is 4.42 Å². The summed E-state index contributed by atoms with van der Waals surface area (Å²) in [5.41, 5.74) is 1.01. The first-order valence-electron chi connectivity index (χ1n) is 9.72. The van der Waals surface area contributed by atoms with E-state index in [1.54, 1.807) is 0 Å². The second-order valence-corrected chi connectivity index (χ2v) is 7.06. The smallest absolute Gasteiger partial charge is 0.208 e. The van der Waals surface area contributed by atoms with Gasteiger partial charge in [-0.15, -0.1) is 24.0 Å². The van der Waals surface area contributed by atoms with Gasteiger partial charge in [-0.1, -0.05) is 19.8 Å². The van der Waals surface area contributed by atoms with Gasteiger partial charge in [-0.3, -0.25) is 9.89 Å². The molecule has 1 aromatic rings. The number of oxazole rings is 1. The summed E-state index contributed by atoms with van der Waals surface area (Å²) in [6, 6.07) is 0. The lowest BCUT2D eigenvalue weighted by atomic mass is 9.97. The highest BCUT2D eigenvalue weighted by atomic mass is 127. The van der Waals surface area contributed by atoms with Gasteiger partial charge in [-0.05, 0) is 52.1 Å². The number of aliphatic imine (C=N–C) groups is 1. The van der Waals surface area contributed by atoms with Gasteiger partial charge in [0.2, 0.25) is 5.89 Å². The normalized spacial score (nSPS) is 16.4. The largest absolute Gasteiger partial charge is 0.444 e. The fourth-order valence-corrected chi connectivity index (χ4v) is 3.19. The van der Waals surface area contributed by atoms with Crippen LogP contribution in [-0.4, -0.2) is 49.1 Å². The zero-order chi connectivity index (χ0) is 18.1. The molecule has 150 valence electrons. The maximum Gasteiger partial charge on any atom is 0.208 e. The molecule has 0 aromatic carbocycles. The molecule has 1 aromatic heterocycles. The minimum absolute atomic E-state index is 0. The minimum Gasteiger partial charge on any atom is -0.444 e. The second-order valence-electron chi connectivity index (χ2n) is 7.06. The topological polar surface area (TPSA) is 65.7 Å². The zero-order valence-corrected chi connectivity index (χ0v) is 19.1. The Labute approximate surface area is 175 Å². The summed E-state index contributed by atoms with van der Waals surface area (Å²) in [4.78, 5) is 11.2. The molecule has 0 spiro atoms. The lowest BCUT2D eigenvalue weighted by Crippen LogP contribution is -2.43. The molecule has 26 heavy (non-hydrogen) atoms. The standard InChI is InChI=1S/C19H35N5O.HI/c1-5-6-7-10-21-19(20-4)22-13-17-8-11-24(12-9-17)14-18-23-15(2)16(3)25-18;/h17H,5-14H2,1-4H3,(H2,20,21,22);1H. The SMILES string of the molecule is CCCCCNC(=NC)NCC1CCN(Cc2nc(C)c(C)o2)CC1.I. The van der Waals surface area contributed by atoms with Crippen LogP contribution in [0.4, 0.5) is 0 Å². The third kappa shape index (κ3) is 7.82. The Hall–Kier alpha value is -0.830. The van der Waals surface area contributed by atoms with Crippen LogP contribution in [0.3, 0.4) is 0 Å². The number of hydrogen-bond donors (Lipinski definition) is 2. The summed E-state index contributed by atoms with van der Waals surface area (Å²) in [6.45, 7) is 11.2. The molecule has 0 amide bonds. The molecule has 2 rings (SSSR count). The Morgan fingerprint density at radius 1 is 1.23 bits per heavy atom. The number of rotatable bonds is 8. The fourth-order valence-electron chi connectivity index (χ4n) is 3.19. The average molecular weight is 477 g/mol. The van der Waals surface area contributed by atoms with Crippen molar-refractivity contribution in [1.82, 2.24) is 20.5 Å². The van der Waals surface area contributed by atoms with E-state index >= 15 is 0 Å². The molecule has 1 aliphatic rings. The highest BCUT2D eigenvalue weighted by Gasteiger charge is 2.21. The highest BCUT2D eigenvalue weighted by molar-refractivity contribution is 14.0. The van der Waals surface area contributed by atoms with Crippen LogP contribution in [0.25, 0.3) is 0 Å². The first kappa shape index (κ1) is 23.2. The van der Waals surface area contributed by atoms with Crippen LogP contribution in [0.5, 0.6) is 0 Å². The number of guanidine groups is 1. The molecule has 1 saturated heterocycles. The third-order valence-electron chi connectivity index (χ3n) is 4.99. The summed E-state index contributed by atoms with van der Waals surface area (Å²) >= 11 is 0. The summed E-state index contributed by atoms with van der Waals surface area (Å²) in [5, 5.41) is 6.88. The number of likely N-dealkylation sites (tertiary alicyclic amines) is 1. The second kappa shape index (κ2) is 12.5. The molecule has 0 bridgehead atoms. The van der Waals surface area contributed by atoms with Crippen LogP contribution in [-0.2, 0) is 6.54 Å². The van der Waals surface area contributed by atoms with E-state index in [0.29, 0.717) is 5.92 Å². The lowest BCUT2D eigenvalue weighted by Gasteiger charge is -2.31. The summed E-state index contributed by atoms with van der Waals surface area (Å²) < 4.78 is 5.70. The van der Waals surface area contributed by atoms with Crippen molar-refractivity contribution in [2.75, 3.05) is 33.2 Å². The Balaban J connectivity index is 0.00000338. The molecular weight excluding hydrogens is 441 g/mol. The first-order valence-corrected chi connectivity index (χ1v) is 9.72. The summed E-state index contributed by atoms with van der Waals surface area (Å²) in [5.74, 6) is 3.43. The van der Waals surface area contributed by atoms with Crippen LogP contribution in [0.1, 0.15) is 56.4 Å². The number of aromatic nitrogens is 1.